The number of anilines is 1. The summed E-state index contributed by atoms with van der Waals surface area (Å²) in [5.74, 6) is 0.138. The lowest BCUT2D eigenvalue weighted by molar-refractivity contribution is 0.102. The van der Waals surface area contributed by atoms with Gasteiger partial charge in [0.25, 0.3) is 5.91 Å². The smallest absolute Gasteiger partial charge is 0.261 e. The number of aryl methyl sites for hydroxylation is 1. The molecule has 0 radical (unpaired) electrons. The van der Waals surface area contributed by atoms with Crippen LogP contribution in [0.5, 0.6) is 5.75 Å². The zero-order valence-corrected chi connectivity index (χ0v) is 15.0. The highest BCUT2D eigenvalue weighted by molar-refractivity contribution is 6.06. The van der Waals surface area contributed by atoms with Gasteiger partial charge in [-0.25, -0.2) is 0 Å². The van der Waals surface area contributed by atoms with E-state index in [-0.39, 0.29) is 17.0 Å². The van der Waals surface area contributed by atoms with Gasteiger partial charge in [-0.1, -0.05) is 18.2 Å². The predicted molar refractivity (Wildman–Crippen MR) is 102 cm³/mol. The number of aromatic nitrogens is 1. The first-order chi connectivity index (χ1) is 12.5. The summed E-state index contributed by atoms with van der Waals surface area (Å²) in [7, 11) is 1.55. The van der Waals surface area contributed by atoms with Crippen LogP contribution in [-0.4, -0.2) is 17.6 Å². The van der Waals surface area contributed by atoms with E-state index in [1.807, 2.05) is 35.8 Å². The van der Waals surface area contributed by atoms with E-state index in [9.17, 15) is 9.59 Å². The number of hydrogen-bond acceptors (Lipinski definition) is 3. The zero-order chi connectivity index (χ0) is 18.4. The molecule has 1 aliphatic rings. The molecule has 2 aromatic carbocycles. The van der Waals surface area contributed by atoms with Crippen LogP contribution in [-0.2, 0) is 6.42 Å². The SMILES string of the molecule is COc1ccc(C)cc1NC(=O)c1cn2c3c(cccc3c1=O)C[C@@H]2C. The normalized spacial score (nSPS) is 15.3. The molecular formula is C21H20N2O3. The summed E-state index contributed by atoms with van der Waals surface area (Å²) in [4.78, 5) is 25.8. The third-order valence-corrected chi connectivity index (χ3v) is 4.97. The number of carbonyl (C=O) groups is 1. The number of para-hydroxylation sites is 1. The highest BCUT2D eigenvalue weighted by Crippen LogP contribution is 2.31. The number of amides is 1. The number of benzene rings is 2. The number of rotatable bonds is 3. The van der Waals surface area contributed by atoms with Crippen LogP contribution in [0.15, 0.2) is 47.4 Å². The van der Waals surface area contributed by atoms with Crippen LogP contribution >= 0.6 is 0 Å². The average molecular weight is 348 g/mol. The molecule has 0 aliphatic carbocycles. The van der Waals surface area contributed by atoms with Crippen molar-refractivity contribution in [1.82, 2.24) is 4.57 Å². The Morgan fingerprint density at radius 3 is 2.85 bits per heavy atom. The molecule has 1 amide bonds. The van der Waals surface area contributed by atoms with Crippen LogP contribution in [0.1, 0.15) is 34.5 Å². The molecule has 3 aromatic rings. The minimum Gasteiger partial charge on any atom is -0.495 e. The van der Waals surface area contributed by atoms with Crippen LogP contribution < -0.4 is 15.5 Å². The van der Waals surface area contributed by atoms with Crippen molar-refractivity contribution >= 4 is 22.5 Å². The first-order valence-electron chi connectivity index (χ1n) is 8.62. The number of nitrogens with zero attached hydrogens (tertiary/aromatic N) is 1. The van der Waals surface area contributed by atoms with Gasteiger partial charge >= 0.3 is 0 Å². The molecule has 132 valence electrons. The molecule has 0 unspecified atom stereocenters. The second kappa shape index (κ2) is 6.02. The van der Waals surface area contributed by atoms with Crippen molar-refractivity contribution < 1.29 is 9.53 Å². The van der Waals surface area contributed by atoms with Gasteiger partial charge in [0.2, 0.25) is 5.43 Å². The van der Waals surface area contributed by atoms with E-state index in [4.69, 9.17) is 4.74 Å². The first-order valence-corrected chi connectivity index (χ1v) is 8.62. The minimum absolute atomic E-state index is 0.145. The summed E-state index contributed by atoms with van der Waals surface area (Å²) in [5.41, 5.74) is 3.55. The van der Waals surface area contributed by atoms with Gasteiger partial charge < -0.3 is 14.6 Å². The maximum atomic E-state index is 12.9. The Bertz CT molecular complexity index is 1100. The quantitative estimate of drug-likeness (QED) is 0.785. The Kier molecular flexibility index (Phi) is 3.80. The maximum absolute atomic E-state index is 12.9. The zero-order valence-electron chi connectivity index (χ0n) is 15.0. The number of carbonyl (C=O) groups excluding carboxylic acids is 1. The summed E-state index contributed by atoms with van der Waals surface area (Å²) in [6.45, 7) is 4.03. The van der Waals surface area contributed by atoms with Crippen molar-refractivity contribution in [2.45, 2.75) is 26.3 Å². The monoisotopic (exact) mass is 348 g/mol. The molecule has 1 atom stereocenters. The van der Waals surface area contributed by atoms with E-state index in [1.165, 1.54) is 0 Å². The molecule has 0 saturated heterocycles. The third kappa shape index (κ3) is 2.47. The number of hydrogen-bond donors (Lipinski definition) is 1. The molecule has 2 heterocycles. The van der Waals surface area contributed by atoms with E-state index in [1.54, 1.807) is 25.4 Å². The average Bonchev–Trinajstić information content (AvgIpc) is 2.94. The molecule has 1 aliphatic heterocycles. The fourth-order valence-electron chi connectivity index (χ4n) is 3.69. The van der Waals surface area contributed by atoms with E-state index >= 15 is 0 Å². The summed E-state index contributed by atoms with van der Waals surface area (Å²) < 4.78 is 7.35. The third-order valence-electron chi connectivity index (χ3n) is 4.97. The van der Waals surface area contributed by atoms with Gasteiger partial charge in [0.15, 0.2) is 0 Å². The number of nitrogens with one attached hydrogen (secondary N) is 1. The molecule has 0 spiro atoms. The highest BCUT2D eigenvalue weighted by Gasteiger charge is 2.24. The molecule has 1 aromatic heterocycles. The highest BCUT2D eigenvalue weighted by atomic mass is 16.5. The predicted octanol–water partition coefficient (Wildman–Crippen LogP) is 3.69. The van der Waals surface area contributed by atoms with Crippen LogP contribution in [0, 0.1) is 6.92 Å². The first kappa shape index (κ1) is 16.4. The fourth-order valence-corrected chi connectivity index (χ4v) is 3.69. The van der Waals surface area contributed by atoms with E-state index in [2.05, 4.69) is 12.2 Å². The van der Waals surface area contributed by atoms with E-state index < -0.39 is 5.91 Å². The van der Waals surface area contributed by atoms with Gasteiger partial charge in [-0.2, -0.15) is 0 Å². The lowest BCUT2D eigenvalue weighted by Gasteiger charge is -2.14. The Hall–Kier alpha value is -3.08. The van der Waals surface area contributed by atoms with Crippen molar-refractivity contribution in [2.75, 3.05) is 12.4 Å². The van der Waals surface area contributed by atoms with Crippen LogP contribution in [0.3, 0.4) is 0 Å². The Labute approximate surface area is 151 Å². The van der Waals surface area contributed by atoms with Crippen molar-refractivity contribution in [3.63, 3.8) is 0 Å². The standard InChI is InChI=1S/C21H20N2O3/c1-12-7-8-18(26-3)17(9-12)22-21(25)16-11-23-13(2)10-14-5-4-6-15(19(14)23)20(16)24/h4-9,11,13H,10H2,1-3H3,(H,22,25)/t13-/m0/s1. The Morgan fingerprint density at radius 2 is 2.08 bits per heavy atom. The lowest BCUT2D eigenvalue weighted by atomic mass is 10.1. The molecule has 4 rings (SSSR count). The van der Waals surface area contributed by atoms with Crippen LogP contribution in [0.4, 0.5) is 5.69 Å². The van der Waals surface area contributed by atoms with Crippen molar-refractivity contribution in [1.29, 1.82) is 0 Å². The molecule has 1 N–H and O–H groups in total. The minimum atomic E-state index is -0.422. The van der Waals surface area contributed by atoms with Crippen LogP contribution in [0.25, 0.3) is 10.9 Å². The molecule has 26 heavy (non-hydrogen) atoms. The van der Waals surface area contributed by atoms with Crippen molar-refractivity contribution in [3.05, 3.63) is 69.5 Å². The van der Waals surface area contributed by atoms with E-state index in [0.717, 1.165) is 23.1 Å². The second-order valence-corrected chi connectivity index (χ2v) is 6.80. The second-order valence-electron chi connectivity index (χ2n) is 6.80. The van der Waals surface area contributed by atoms with Gasteiger partial charge in [-0.3, -0.25) is 9.59 Å². The Morgan fingerprint density at radius 1 is 1.27 bits per heavy atom. The van der Waals surface area contributed by atoms with Crippen molar-refractivity contribution in [2.24, 2.45) is 0 Å². The van der Waals surface area contributed by atoms with Gasteiger partial charge in [0.1, 0.15) is 11.3 Å². The summed E-state index contributed by atoms with van der Waals surface area (Å²) in [5, 5.41) is 3.42. The van der Waals surface area contributed by atoms with Crippen LogP contribution in [0.2, 0.25) is 0 Å². The number of methoxy groups -OCH3 is 1. The summed E-state index contributed by atoms with van der Waals surface area (Å²) in [6, 6.07) is 11.5. The largest absolute Gasteiger partial charge is 0.495 e. The lowest BCUT2D eigenvalue weighted by Crippen LogP contribution is -2.24. The fraction of sp³-hybridized carbons (Fsp3) is 0.238. The molecule has 0 bridgehead atoms. The van der Waals surface area contributed by atoms with Crippen molar-refractivity contribution in [3.8, 4) is 5.75 Å². The Balaban J connectivity index is 1.81. The number of pyridine rings is 1. The van der Waals surface area contributed by atoms with Gasteiger partial charge in [-0.05, 0) is 49.6 Å². The number of ether oxygens (including phenoxy) is 1. The molecule has 0 saturated carbocycles. The van der Waals surface area contributed by atoms with Gasteiger partial charge in [-0.15, -0.1) is 0 Å². The maximum Gasteiger partial charge on any atom is 0.261 e. The molecule has 5 nitrogen and oxygen atoms in total. The van der Waals surface area contributed by atoms with Gasteiger partial charge in [0.05, 0.1) is 18.3 Å². The molecule has 0 fully saturated rings. The topological polar surface area (TPSA) is 60.3 Å². The summed E-state index contributed by atoms with van der Waals surface area (Å²) in [6.07, 6.45) is 2.55. The summed E-state index contributed by atoms with van der Waals surface area (Å²) >= 11 is 0. The molecule has 5 heteroatoms. The van der Waals surface area contributed by atoms with Gasteiger partial charge in [0, 0.05) is 17.6 Å². The molecular weight excluding hydrogens is 328 g/mol. The van der Waals surface area contributed by atoms with E-state index in [0.29, 0.717) is 16.8 Å².